The summed E-state index contributed by atoms with van der Waals surface area (Å²) in [5.41, 5.74) is 4.32. The number of hydrogen-bond acceptors (Lipinski definition) is 4. The number of aryl methyl sites for hydroxylation is 3. The Morgan fingerprint density at radius 1 is 0.885 bits per heavy atom. The van der Waals surface area contributed by atoms with Crippen molar-refractivity contribution < 1.29 is 17.6 Å². The van der Waals surface area contributed by atoms with Gasteiger partial charge in [-0.2, -0.15) is 0 Å². The number of nitrogen functional groups attached to an aromatic ring is 1. The minimum Gasteiger partial charge on any atom is -0.744 e. The lowest BCUT2D eigenvalue weighted by Gasteiger charge is -2.14. The molecule has 0 aliphatic rings. The van der Waals surface area contributed by atoms with Crippen LogP contribution in [0.4, 0.5) is 0 Å². The summed E-state index contributed by atoms with van der Waals surface area (Å²) in [7, 11) is -4.33. The van der Waals surface area contributed by atoms with Crippen LogP contribution >= 0.6 is 0 Å². The van der Waals surface area contributed by atoms with Crippen molar-refractivity contribution in [2.24, 2.45) is 0 Å². The van der Waals surface area contributed by atoms with Crippen molar-refractivity contribution in [1.29, 1.82) is 0 Å². The van der Waals surface area contributed by atoms with Gasteiger partial charge in [0.15, 0.2) is 6.20 Å². The van der Waals surface area contributed by atoms with Crippen molar-refractivity contribution in [3.05, 3.63) is 83.7 Å². The third kappa shape index (κ3) is 5.15. The van der Waals surface area contributed by atoms with Crippen molar-refractivity contribution in [1.82, 2.24) is 0 Å². The van der Waals surface area contributed by atoms with E-state index in [1.54, 1.807) is 30.7 Å². The van der Waals surface area contributed by atoms with E-state index in [-0.39, 0.29) is 4.90 Å². The van der Waals surface area contributed by atoms with Crippen LogP contribution in [0.25, 0.3) is 11.1 Å². The molecule has 0 atom stereocenters. The van der Waals surface area contributed by atoms with Crippen LogP contribution in [0.3, 0.4) is 0 Å². The predicted molar refractivity (Wildman–Crippen MR) is 101 cm³/mol. The Balaban J connectivity index is 0.000000187. The van der Waals surface area contributed by atoms with Crippen molar-refractivity contribution in [2.45, 2.75) is 25.7 Å². The molecule has 5 nitrogen and oxygen atoms in total. The average molecular weight is 370 g/mol. The number of nitrogens with zero attached hydrogens (tertiary/aromatic N) is 1. The average Bonchev–Trinajstić information content (AvgIpc) is 2.54. The summed E-state index contributed by atoms with van der Waals surface area (Å²) in [6, 6.07) is 17.5. The molecule has 1 heterocycles. The van der Waals surface area contributed by atoms with Crippen LogP contribution in [0.5, 0.6) is 0 Å². The maximum atomic E-state index is 10.8. The Hall–Kier alpha value is -2.70. The van der Waals surface area contributed by atoms with Gasteiger partial charge in [0.25, 0.3) is 0 Å². The fourth-order valence-corrected chi connectivity index (χ4v) is 3.76. The molecule has 0 fully saturated rings. The van der Waals surface area contributed by atoms with E-state index in [0.29, 0.717) is 11.1 Å². The molecule has 0 amide bonds. The number of rotatable bonds is 2. The second-order valence-corrected chi connectivity index (χ2v) is 7.40. The Kier molecular flexibility index (Phi) is 6.13. The summed E-state index contributed by atoms with van der Waals surface area (Å²) in [5, 5.41) is 0. The molecule has 2 N–H and O–H groups in total. The number of pyridine rings is 1. The minimum absolute atomic E-state index is 0.0851. The third-order valence-corrected chi connectivity index (χ3v) is 4.93. The van der Waals surface area contributed by atoms with E-state index in [1.807, 2.05) is 49.6 Å². The number of nitrogens with two attached hydrogens (primary N) is 1. The van der Waals surface area contributed by atoms with Crippen LogP contribution in [0.15, 0.2) is 71.9 Å². The van der Waals surface area contributed by atoms with Gasteiger partial charge in [0, 0.05) is 11.6 Å². The van der Waals surface area contributed by atoms with Gasteiger partial charge in [-0.25, -0.2) is 14.3 Å². The van der Waals surface area contributed by atoms with E-state index in [4.69, 9.17) is 5.84 Å². The lowest BCUT2D eigenvalue weighted by atomic mass is 10.1. The highest BCUT2D eigenvalue weighted by Crippen LogP contribution is 2.20. The van der Waals surface area contributed by atoms with Crippen molar-refractivity contribution >= 4 is 10.1 Å². The molecular weight excluding hydrogens is 348 g/mol. The standard InChI is InChI=1S/C11H11N2.C9H12O3S/c12-13-8-4-7-11(9-13)10-5-2-1-3-6-10;1-6-4-7(2)9(8(3)5-6)13(10,11)12/h1-9H,12H2;4-5H,1-3H3,(H,10,11,12)/q+1;/p-1. The minimum atomic E-state index is -4.33. The predicted octanol–water partition coefficient (Wildman–Crippen LogP) is 2.87. The summed E-state index contributed by atoms with van der Waals surface area (Å²) in [5.74, 6) is 5.61. The van der Waals surface area contributed by atoms with Gasteiger partial charge in [-0.05, 0) is 43.5 Å². The van der Waals surface area contributed by atoms with Gasteiger partial charge in [0.1, 0.15) is 10.1 Å². The SMILES string of the molecule is Cc1cc(C)c(S(=O)(=O)[O-])c(C)c1.N[n+]1cccc(-c2ccccc2)c1. The topological polar surface area (TPSA) is 87.1 Å². The van der Waals surface area contributed by atoms with Crippen LogP contribution in [-0.2, 0) is 10.1 Å². The normalized spacial score (nSPS) is 10.8. The maximum Gasteiger partial charge on any atom is 0.206 e. The second kappa shape index (κ2) is 8.12. The van der Waals surface area contributed by atoms with Gasteiger partial charge in [0.2, 0.25) is 6.20 Å². The van der Waals surface area contributed by atoms with E-state index in [2.05, 4.69) is 12.1 Å². The maximum absolute atomic E-state index is 10.8. The molecule has 0 aliphatic carbocycles. The first-order valence-electron chi connectivity index (χ1n) is 8.04. The first-order chi connectivity index (χ1) is 12.2. The largest absolute Gasteiger partial charge is 0.744 e. The van der Waals surface area contributed by atoms with Crippen LogP contribution < -0.4 is 10.5 Å². The van der Waals surface area contributed by atoms with Crippen LogP contribution in [-0.4, -0.2) is 13.0 Å². The molecule has 0 radical (unpaired) electrons. The van der Waals surface area contributed by atoms with Gasteiger partial charge in [0.05, 0.1) is 4.90 Å². The van der Waals surface area contributed by atoms with Crippen molar-refractivity contribution in [2.75, 3.05) is 5.84 Å². The molecule has 3 rings (SSSR count). The summed E-state index contributed by atoms with van der Waals surface area (Å²) in [6.45, 7) is 5.12. The molecule has 0 saturated heterocycles. The Bertz CT molecular complexity index is 978. The highest BCUT2D eigenvalue weighted by atomic mass is 32.2. The third-order valence-electron chi connectivity index (χ3n) is 3.78. The molecule has 3 aromatic rings. The lowest BCUT2D eigenvalue weighted by molar-refractivity contribution is -0.638. The zero-order valence-corrected chi connectivity index (χ0v) is 15.8. The highest BCUT2D eigenvalue weighted by Gasteiger charge is 2.09. The highest BCUT2D eigenvalue weighted by molar-refractivity contribution is 7.85. The number of aromatic nitrogens is 1. The van der Waals surface area contributed by atoms with E-state index in [0.717, 1.165) is 11.1 Å². The van der Waals surface area contributed by atoms with Gasteiger partial charge >= 0.3 is 0 Å². The van der Waals surface area contributed by atoms with E-state index in [9.17, 15) is 13.0 Å². The number of hydrogen-bond donors (Lipinski definition) is 1. The monoisotopic (exact) mass is 370 g/mol. The van der Waals surface area contributed by atoms with Crippen molar-refractivity contribution in [3.63, 3.8) is 0 Å². The summed E-state index contributed by atoms with van der Waals surface area (Å²) in [6.07, 6.45) is 3.71. The van der Waals surface area contributed by atoms with E-state index >= 15 is 0 Å². The molecular formula is C20H22N2O3S. The zero-order valence-electron chi connectivity index (χ0n) is 15.0. The molecule has 1 aromatic heterocycles. The second-order valence-electron chi connectivity index (χ2n) is 6.09. The smallest absolute Gasteiger partial charge is 0.206 e. The van der Waals surface area contributed by atoms with Crippen LogP contribution in [0.1, 0.15) is 16.7 Å². The van der Waals surface area contributed by atoms with Gasteiger partial charge < -0.3 is 4.55 Å². The molecule has 26 heavy (non-hydrogen) atoms. The zero-order chi connectivity index (χ0) is 19.3. The molecule has 0 unspecified atom stereocenters. The van der Waals surface area contributed by atoms with Crippen LogP contribution in [0, 0.1) is 20.8 Å². The molecule has 136 valence electrons. The van der Waals surface area contributed by atoms with E-state index < -0.39 is 10.1 Å². The summed E-state index contributed by atoms with van der Waals surface area (Å²) < 4.78 is 34.0. The Labute approximate surface area is 154 Å². The Morgan fingerprint density at radius 2 is 1.42 bits per heavy atom. The molecule has 6 heteroatoms. The number of benzene rings is 2. The first kappa shape index (κ1) is 19.6. The van der Waals surface area contributed by atoms with Gasteiger partial charge in [-0.1, -0.05) is 52.7 Å². The van der Waals surface area contributed by atoms with Gasteiger partial charge in [-0.3, -0.25) is 0 Å². The van der Waals surface area contributed by atoms with E-state index in [1.165, 1.54) is 5.56 Å². The first-order valence-corrected chi connectivity index (χ1v) is 9.45. The molecule has 0 spiro atoms. The quantitative estimate of drug-likeness (QED) is 0.427. The molecule has 2 aromatic carbocycles. The lowest BCUT2D eigenvalue weighted by Crippen LogP contribution is -2.43. The molecule has 0 bridgehead atoms. The fraction of sp³-hybridized carbons (Fsp3) is 0.150. The summed E-state index contributed by atoms with van der Waals surface area (Å²) in [4.78, 5) is -0.0851. The molecule has 0 saturated carbocycles. The van der Waals surface area contributed by atoms with Crippen molar-refractivity contribution in [3.8, 4) is 11.1 Å². The van der Waals surface area contributed by atoms with Gasteiger partial charge in [-0.15, -0.1) is 0 Å². The fourth-order valence-electron chi connectivity index (χ4n) is 2.86. The Morgan fingerprint density at radius 3 is 1.92 bits per heavy atom. The molecule has 0 aliphatic heterocycles. The summed E-state index contributed by atoms with van der Waals surface area (Å²) >= 11 is 0. The van der Waals surface area contributed by atoms with Crippen LogP contribution in [0.2, 0.25) is 0 Å².